The summed E-state index contributed by atoms with van der Waals surface area (Å²) in [5.41, 5.74) is 17.3. The zero-order valence-corrected chi connectivity index (χ0v) is 28.9. The summed E-state index contributed by atoms with van der Waals surface area (Å²) in [5, 5.41) is 0. The number of anilines is 3. The van der Waals surface area contributed by atoms with Crippen molar-refractivity contribution in [1.82, 2.24) is 9.55 Å². The van der Waals surface area contributed by atoms with Crippen LogP contribution in [0.5, 0.6) is 0 Å². The molecule has 53 heavy (non-hydrogen) atoms. The van der Waals surface area contributed by atoms with Crippen molar-refractivity contribution in [2.75, 3.05) is 4.90 Å². The lowest BCUT2D eigenvalue weighted by molar-refractivity contribution is 0.746. The number of fused-ring (bicyclic) bond motifs is 9. The molecule has 1 aromatic heterocycles. The van der Waals surface area contributed by atoms with E-state index in [4.69, 9.17) is 4.98 Å². The lowest BCUT2D eigenvalue weighted by Gasteiger charge is -2.39. The Labute approximate surface area is 308 Å². The highest BCUT2D eigenvalue weighted by Crippen LogP contribution is 2.62. The number of aromatic nitrogens is 2. The van der Waals surface area contributed by atoms with Gasteiger partial charge in [0.2, 0.25) is 0 Å². The molecular weight excluding hydrogens is 643 g/mol. The van der Waals surface area contributed by atoms with Crippen LogP contribution in [0.2, 0.25) is 0 Å². The Morgan fingerprint density at radius 2 is 0.981 bits per heavy atom. The molecular formula is C50H33N3. The molecule has 3 heteroatoms. The average molecular weight is 676 g/mol. The van der Waals surface area contributed by atoms with E-state index in [1.165, 1.54) is 44.5 Å². The second-order valence-corrected chi connectivity index (χ2v) is 13.9. The smallest absolute Gasteiger partial charge is 0.145 e. The Morgan fingerprint density at radius 3 is 1.75 bits per heavy atom. The standard InChI is InChI=1S/C50H33N3/c1-4-16-34(17-5-1)35-30-32-38(33-31-35)52(37-20-8-3-9-21-37)46-29-15-25-42-47(46)39-22-10-11-23-40(39)50(42)41-24-12-13-28-45(41)53-48-43(50)26-14-27-44(48)51-49(53)36-18-6-2-7-19-36/h1-33H. The van der Waals surface area contributed by atoms with Crippen LogP contribution < -0.4 is 4.90 Å². The number of rotatable bonds is 5. The minimum atomic E-state index is -0.554. The van der Waals surface area contributed by atoms with E-state index in [1.807, 2.05) is 0 Å². The summed E-state index contributed by atoms with van der Waals surface area (Å²) in [7, 11) is 0. The zero-order valence-electron chi connectivity index (χ0n) is 28.9. The molecule has 0 fully saturated rings. The van der Waals surface area contributed by atoms with E-state index in [1.54, 1.807) is 0 Å². The van der Waals surface area contributed by atoms with Gasteiger partial charge in [-0.05, 0) is 81.4 Å². The molecule has 248 valence electrons. The van der Waals surface area contributed by atoms with Crippen molar-refractivity contribution in [2.45, 2.75) is 5.41 Å². The van der Waals surface area contributed by atoms with Gasteiger partial charge in [0.05, 0.1) is 27.8 Å². The van der Waals surface area contributed by atoms with Crippen molar-refractivity contribution >= 4 is 28.1 Å². The highest BCUT2D eigenvalue weighted by atomic mass is 15.1. The van der Waals surface area contributed by atoms with Gasteiger partial charge in [-0.2, -0.15) is 0 Å². The van der Waals surface area contributed by atoms with Gasteiger partial charge in [-0.1, -0.05) is 158 Å². The van der Waals surface area contributed by atoms with Crippen LogP contribution >= 0.6 is 0 Å². The van der Waals surface area contributed by atoms with Crippen LogP contribution in [0.4, 0.5) is 17.1 Å². The normalized spacial score (nSPS) is 14.9. The number of para-hydroxylation sites is 3. The van der Waals surface area contributed by atoms with Crippen molar-refractivity contribution < 1.29 is 0 Å². The lowest BCUT2D eigenvalue weighted by atomic mass is 9.65. The maximum atomic E-state index is 5.33. The summed E-state index contributed by atoms with van der Waals surface area (Å²) in [6.07, 6.45) is 0. The van der Waals surface area contributed by atoms with E-state index in [0.717, 1.165) is 45.2 Å². The molecule has 3 nitrogen and oxygen atoms in total. The molecule has 0 amide bonds. The van der Waals surface area contributed by atoms with Crippen LogP contribution in [0.15, 0.2) is 200 Å². The monoisotopic (exact) mass is 675 g/mol. The molecule has 1 aliphatic carbocycles. The fourth-order valence-corrected chi connectivity index (χ4v) is 9.09. The second kappa shape index (κ2) is 11.5. The minimum absolute atomic E-state index is 0.554. The van der Waals surface area contributed by atoms with Crippen molar-refractivity contribution in [2.24, 2.45) is 0 Å². The summed E-state index contributed by atoms with van der Waals surface area (Å²) in [6, 6.07) is 72.5. The molecule has 0 saturated carbocycles. The molecule has 0 bridgehead atoms. The van der Waals surface area contributed by atoms with Crippen molar-refractivity contribution in [3.63, 3.8) is 0 Å². The van der Waals surface area contributed by atoms with Gasteiger partial charge < -0.3 is 4.90 Å². The fraction of sp³-hybridized carbons (Fsp3) is 0.0200. The molecule has 2 heterocycles. The van der Waals surface area contributed by atoms with Crippen molar-refractivity contribution in [3.8, 4) is 39.3 Å². The van der Waals surface area contributed by atoms with E-state index in [9.17, 15) is 0 Å². The molecule has 0 radical (unpaired) electrons. The van der Waals surface area contributed by atoms with Crippen molar-refractivity contribution in [3.05, 3.63) is 222 Å². The summed E-state index contributed by atoms with van der Waals surface area (Å²) in [6.45, 7) is 0. The number of imidazole rings is 1. The number of benzene rings is 8. The summed E-state index contributed by atoms with van der Waals surface area (Å²) < 4.78 is 2.40. The zero-order chi connectivity index (χ0) is 34.9. The molecule has 8 aromatic carbocycles. The van der Waals surface area contributed by atoms with Crippen LogP contribution in [0.25, 0.3) is 50.4 Å². The molecule has 9 aromatic rings. The third-order valence-electron chi connectivity index (χ3n) is 11.2. The van der Waals surface area contributed by atoms with Gasteiger partial charge in [0, 0.05) is 22.5 Å². The lowest BCUT2D eigenvalue weighted by Crippen LogP contribution is -2.33. The van der Waals surface area contributed by atoms with E-state index < -0.39 is 5.41 Å². The van der Waals surface area contributed by atoms with Gasteiger partial charge in [0.1, 0.15) is 5.82 Å². The maximum absolute atomic E-state index is 5.33. The molecule has 2 aliphatic rings. The van der Waals surface area contributed by atoms with E-state index in [2.05, 4.69) is 210 Å². The first kappa shape index (κ1) is 29.7. The second-order valence-electron chi connectivity index (χ2n) is 13.9. The van der Waals surface area contributed by atoms with E-state index >= 15 is 0 Å². The Balaban J connectivity index is 1.21. The van der Waals surface area contributed by atoms with E-state index in [-0.39, 0.29) is 0 Å². The molecule has 1 unspecified atom stereocenters. The Bertz CT molecular complexity index is 2820. The number of nitrogens with zero attached hydrogens (tertiary/aromatic N) is 3. The molecule has 1 atom stereocenters. The Hall–Kier alpha value is -6.97. The minimum Gasteiger partial charge on any atom is -0.310 e. The SMILES string of the molecule is c1ccc(-c2ccc(N(c3ccccc3)c3cccc4c3-c3ccccc3C43c4ccccc4-n4c(-c5ccccc5)nc5cccc3c54)cc2)cc1. The van der Waals surface area contributed by atoms with Crippen LogP contribution in [0.3, 0.4) is 0 Å². The van der Waals surface area contributed by atoms with Gasteiger partial charge in [-0.15, -0.1) is 0 Å². The first-order valence-electron chi connectivity index (χ1n) is 18.2. The summed E-state index contributed by atoms with van der Waals surface area (Å²) in [5.74, 6) is 0.963. The van der Waals surface area contributed by atoms with Gasteiger partial charge in [0.25, 0.3) is 0 Å². The van der Waals surface area contributed by atoms with Gasteiger partial charge in [-0.3, -0.25) is 4.57 Å². The Kier molecular flexibility index (Phi) is 6.47. The highest BCUT2D eigenvalue weighted by molar-refractivity contribution is 6.01. The van der Waals surface area contributed by atoms with E-state index in [0.29, 0.717) is 0 Å². The summed E-state index contributed by atoms with van der Waals surface area (Å²) in [4.78, 5) is 7.76. The Morgan fingerprint density at radius 1 is 0.415 bits per heavy atom. The molecule has 1 spiro atoms. The molecule has 1 aliphatic heterocycles. The van der Waals surface area contributed by atoms with Gasteiger partial charge in [0.15, 0.2) is 0 Å². The van der Waals surface area contributed by atoms with Gasteiger partial charge in [-0.25, -0.2) is 4.98 Å². The van der Waals surface area contributed by atoms with Crippen LogP contribution in [-0.2, 0) is 5.41 Å². The van der Waals surface area contributed by atoms with Crippen LogP contribution in [0.1, 0.15) is 22.3 Å². The molecule has 0 N–H and O–H groups in total. The topological polar surface area (TPSA) is 21.1 Å². The van der Waals surface area contributed by atoms with Crippen molar-refractivity contribution in [1.29, 1.82) is 0 Å². The van der Waals surface area contributed by atoms with Crippen LogP contribution in [0, 0.1) is 0 Å². The fourth-order valence-electron chi connectivity index (χ4n) is 9.09. The third-order valence-corrected chi connectivity index (χ3v) is 11.2. The quantitative estimate of drug-likeness (QED) is 0.181. The predicted octanol–water partition coefficient (Wildman–Crippen LogP) is 12.5. The largest absolute Gasteiger partial charge is 0.310 e. The number of hydrogen-bond acceptors (Lipinski definition) is 2. The predicted molar refractivity (Wildman–Crippen MR) is 217 cm³/mol. The third kappa shape index (κ3) is 4.19. The number of hydrogen-bond donors (Lipinski definition) is 0. The maximum Gasteiger partial charge on any atom is 0.145 e. The van der Waals surface area contributed by atoms with Gasteiger partial charge >= 0.3 is 0 Å². The first-order chi connectivity index (χ1) is 26.3. The first-order valence-corrected chi connectivity index (χ1v) is 18.2. The molecule has 0 saturated heterocycles. The molecule has 11 rings (SSSR count). The summed E-state index contributed by atoms with van der Waals surface area (Å²) >= 11 is 0. The highest BCUT2D eigenvalue weighted by Gasteiger charge is 2.51. The van der Waals surface area contributed by atoms with Crippen LogP contribution in [-0.4, -0.2) is 9.55 Å². The average Bonchev–Trinajstić information content (AvgIpc) is 3.77.